The van der Waals surface area contributed by atoms with Gasteiger partial charge < -0.3 is 0 Å². The van der Waals surface area contributed by atoms with Crippen molar-refractivity contribution in [2.45, 2.75) is 6.42 Å². The van der Waals surface area contributed by atoms with Crippen LogP contribution in [0.3, 0.4) is 0 Å². The van der Waals surface area contributed by atoms with E-state index in [1.807, 2.05) is 36.4 Å². The van der Waals surface area contributed by atoms with E-state index >= 15 is 0 Å². The van der Waals surface area contributed by atoms with Crippen LogP contribution in [0.4, 0.5) is 0 Å². The number of rotatable bonds is 4. The van der Waals surface area contributed by atoms with Crippen LogP contribution in [-0.4, -0.2) is 32.0 Å². The molecule has 1 N–H and O–H groups in total. The highest BCUT2D eigenvalue weighted by Gasteiger charge is 2.32. The summed E-state index contributed by atoms with van der Waals surface area (Å²) in [5, 5.41) is 3.77. The molecule has 20 heavy (non-hydrogen) atoms. The largest absolute Gasteiger partial charge is 0.273 e. The summed E-state index contributed by atoms with van der Waals surface area (Å²) in [6.07, 6.45) is 5.41. The molecule has 0 radical (unpaired) electrons. The fourth-order valence-electron chi connectivity index (χ4n) is 1.96. The van der Waals surface area contributed by atoms with E-state index in [0.29, 0.717) is 6.42 Å². The van der Waals surface area contributed by atoms with Crippen molar-refractivity contribution in [1.82, 2.24) is 5.43 Å². The second kappa shape index (κ2) is 6.47. The first-order chi connectivity index (χ1) is 9.57. The molecule has 0 saturated carbocycles. The van der Waals surface area contributed by atoms with Crippen molar-refractivity contribution in [3.8, 4) is 0 Å². The molecule has 1 amide bonds. The van der Waals surface area contributed by atoms with Crippen molar-refractivity contribution in [2.24, 2.45) is 11.0 Å². The van der Waals surface area contributed by atoms with Crippen molar-refractivity contribution < 1.29 is 13.2 Å². The number of nitrogens with one attached hydrogen (secondary N) is 1. The summed E-state index contributed by atoms with van der Waals surface area (Å²) in [6.45, 7) is 0. The number of allylic oxidation sites excluding steroid dienone is 1. The van der Waals surface area contributed by atoms with Gasteiger partial charge in [-0.1, -0.05) is 36.4 Å². The highest BCUT2D eigenvalue weighted by Crippen LogP contribution is 2.18. The number of hydrogen-bond donors (Lipinski definition) is 1. The molecular weight excluding hydrogens is 276 g/mol. The van der Waals surface area contributed by atoms with Gasteiger partial charge in [0.1, 0.15) is 0 Å². The first-order valence-corrected chi connectivity index (χ1v) is 8.14. The predicted molar refractivity (Wildman–Crippen MR) is 78.9 cm³/mol. The molecule has 0 aromatic heterocycles. The van der Waals surface area contributed by atoms with Gasteiger partial charge in [-0.3, -0.25) is 4.79 Å². The van der Waals surface area contributed by atoms with Crippen LogP contribution >= 0.6 is 0 Å². The quantitative estimate of drug-likeness (QED) is 0.670. The lowest BCUT2D eigenvalue weighted by atomic mass is 10.1. The number of carbonyl (C=O) groups is 1. The highest BCUT2D eigenvalue weighted by molar-refractivity contribution is 7.91. The average molecular weight is 292 g/mol. The molecule has 1 saturated heterocycles. The molecule has 106 valence electrons. The maximum absolute atomic E-state index is 11.7. The molecule has 6 heteroatoms. The SMILES string of the molecule is O=C(N/N=C\C=C\c1ccccc1)[C@H]1CCS(=O)(=O)C1. The Morgan fingerprint density at radius 2 is 2.05 bits per heavy atom. The first kappa shape index (κ1) is 14.5. The third kappa shape index (κ3) is 4.31. The van der Waals surface area contributed by atoms with Gasteiger partial charge in [0.15, 0.2) is 9.84 Å². The van der Waals surface area contributed by atoms with E-state index in [1.165, 1.54) is 6.21 Å². The zero-order valence-electron chi connectivity index (χ0n) is 10.9. The molecule has 1 atom stereocenters. The molecule has 0 bridgehead atoms. The molecule has 1 aromatic carbocycles. The maximum atomic E-state index is 11.7. The average Bonchev–Trinajstić information content (AvgIpc) is 2.80. The Kier molecular flexibility index (Phi) is 4.68. The first-order valence-electron chi connectivity index (χ1n) is 6.32. The van der Waals surface area contributed by atoms with Crippen LogP contribution in [0.5, 0.6) is 0 Å². The monoisotopic (exact) mass is 292 g/mol. The fraction of sp³-hybridized carbons (Fsp3) is 0.286. The number of carbonyl (C=O) groups excluding carboxylic acids is 1. The van der Waals surface area contributed by atoms with Gasteiger partial charge in [-0.25, -0.2) is 13.8 Å². The minimum absolute atomic E-state index is 0.0752. The van der Waals surface area contributed by atoms with E-state index in [1.54, 1.807) is 6.08 Å². The Bertz CT molecular complexity index is 621. The summed E-state index contributed by atoms with van der Waals surface area (Å²) in [7, 11) is -3.04. The van der Waals surface area contributed by atoms with Gasteiger partial charge in [0.05, 0.1) is 17.4 Å². The third-order valence-corrected chi connectivity index (χ3v) is 4.79. The molecule has 1 aromatic rings. The maximum Gasteiger partial charge on any atom is 0.244 e. The molecule has 2 rings (SSSR count). The van der Waals surface area contributed by atoms with Crippen molar-refractivity contribution in [2.75, 3.05) is 11.5 Å². The Labute approximate surface area is 118 Å². The standard InChI is InChI=1S/C14H16N2O3S/c17-14(13-8-10-20(18,19)11-13)16-15-9-4-7-12-5-2-1-3-6-12/h1-7,9,13H,8,10-11H2,(H,16,17)/b7-4+,15-9-/t13-/m0/s1. The number of benzene rings is 1. The molecule has 1 aliphatic rings. The van der Waals surface area contributed by atoms with Gasteiger partial charge in [0.25, 0.3) is 0 Å². The minimum Gasteiger partial charge on any atom is -0.273 e. The van der Waals surface area contributed by atoms with E-state index in [9.17, 15) is 13.2 Å². The number of nitrogens with zero attached hydrogens (tertiary/aromatic N) is 1. The van der Waals surface area contributed by atoms with Crippen LogP contribution in [0, 0.1) is 5.92 Å². The molecule has 5 nitrogen and oxygen atoms in total. The number of hydrazone groups is 1. The number of amides is 1. The van der Waals surface area contributed by atoms with E-state index in [2.05, 4.69) is 10.5 Å². The summed E-state index contributed by atoms with van der Waals surface area (Å²) in [5.41, 5.74) is 3.40. The zero-order valence-corrected chi connectivity index (χ0v) is 11.7. The van der Waals surface area contributed by atoms with E-state index in [4.69, 9.17) is 0 Å². The predicted octanol–water partition coefficient (Wildman–Crippen LogP) is 1.24. The van der Waals surface area contributed by atoms with E-state index < -0.39 is 15.8 Å². The third-order valence-electron chi connectivity index (χ3n) is 3.03. The molecule has 1 heterocycles. The smallest absolute Gasteiger partial charge is 0.244 e. The lowest BCUT2D eigenvalue weighted by molar-refractivity contribution is -0.124. The molecule has 0 aliphatic carbocycles. The summed E-state index contributed by atoms with van der Waals surface area (Å²) in [5.74, 6) is -0.803. The van der Waals surface area contributed by atoms with Crippen LogP contribution in [0.2, 0.25) is 0 Å². The summed E-state index contributed by atoms with van der Waals surface area (Å²) >= 11 is 0. The Morgan fingerprint density at radius 1 is 1.30 bits per heavy atom. The van der Waals surface area contributed by atoms with Crippen molar-refractivity contribution in [1.29, 1.82) is 0 Å². The number of sulfone groups is 1. The van der Waals surface area contributed by atoms with Gasteiger partial charge in [0.2, 0.25) is 5.91 Å². The van der Waals surface area contributed by atoms with Crippen LogP contribution in [0.1, 0.15) is 12.0 Å². The normalized spacial score (nSPS) is 21.5. The van der Waals surface area contributed by atoms with Crippen molar-refractivity contribution in [3.05, 3.63) is 42.0 Å². The second-order valence-corrected chi connectivity index (χ2v) is 6.85. The minimum atomic E-state index is -3.04. The van der Waals surface area contributed by atoms with E-state index in [0.717, 1.165) is 5.56 Å². The lowest BCUT2D eigenvalue weighted by Gasteiger charge is -2.03. The fourth-order valence-corrected chi connectivity index (χ4v) is 3.70. The van der Waals surface area contributed by atoms with Crippen molar-refractivity contribution >= 4 is 28.0 Å². The van der Waals surface area contributed by atoms with Crippen molar-refractivity contribution in [3.63, 3.8) is 0 Å². The molecule has 1 fully saturated rings. The molecule has 0 spiro atoms. The van der Waals surface area contributed by atoms with Gasteiger partial charge in [-0.2, -0.15) is 5.10 Å². The molecule has 0 unspecified atom stereocenters. The summed E-state index contributed by atoms with van der Waals surface area (Å²) < 4.78 is 22.5. The lowest BCUT2D eigenvalue weighted by Crippen LogP contribution is -2.27. The van der Waals surface area contributed by atoms with Gasteiger partial charge in [-0.15, -0.1) is 0 Å². The Balaban J connectivity index is 1.79. The van der Waals surface area contributed by atoms with E-state index in [-0.39, 0.29) is 17.4 Å². The Morgan fingerprint density at radius 3 is 2.70 bits per heavy atom. The molecular formula is C14H16N2O3S. The van der Waals surface area contributed by atoms with Gasteiger partial charge in [0, 0.05) is 6.21 Å². The van der Waals surface area contributed by atoms with Gasteiger partial charge in [-0.05, 0) is 18.1 Å². The number of hydrogen-bond acceptors (Lipinski definition) is 4. The highest BCUT2D eigenvalue weighted by atomic mass is 32.2. The van der Waals surface area contributed by atoms with Crippen LogP contribution in [0.25, 0.3) is 6.08 Å². The zero-order chi connectivity index (χ0) is 14.4. The molecule has 1 aliphatic heterocycles. The van der Waals surface area contributed by atoms with Crippen LogP contribution < -0.4 is 5.43 Å². The van der Waals surface area contributed by atoms with Gasteiger partial charge >= 0.3 is 0 Å². The second-order valence-electron chi connectivity index (χ2n) is 4.62. The summed E-state index contributed by atoms with van der Waals surface area (Å²) in [6, 6.07) is 9.69. The topological polar surface area (TPSA) is 75.6 Å². The van der Waals surface area contributed by atoms with Crippen LogP contribution in [0.15, 0.2) is 41.5 Å². The summed E-state index contributed by atoms with van der Waals surface area (Å²) in [4.78, 5) is 11.7. The van der Waals surface area contributed by atoms with Crippen LogP contribution in [-0.2, 0) is 14.6 Å². The Hall–Kier alpha value is -1.95.